The van der Waals surface area contributed by atoms with Crippen LogP contribution in [-0.2, 0) is 4.84 Å². The van der Waals surface area contributed by atoms with E-state index in [-0.39, 0.29) is 6.03 Å². The van der Waals surface area contributed by atoms with E-state index in [0.717, 1.165) is 25.9 Å². The first-order valence-corrected chi connectivity index (χ1v) is 4.03. The van der Waals surface area contributed by atoms with Crippen molar-refractivity contribution in [3.05, 3.63) is 0 Å². The van der Waals surface area contributed by atoms with Crippen molar-refractivity contribution in [1.82, 2.24) is 10.4 Å². The van der Waals surface area contributed by atoms with Crippen LogP contribution in [0.4, 0.5) is 4.79 Å². The van der Waals surface area contributed by atoms with E-state index in [1.165, 1.54) is 5.06 Å². The first-order chi connectivity index (χ1) is 5.34. The van der Waals surface area contributed by atoms with Gasteiger partial charge in [0.2, 0.25) is 0 Å². The molecule has 0 aromatic carbocycles. The van der Waals surface area contributed by atoms with Crippen LogP contribution in [0.2, 0.25) is 0 Å². The maximum Gasteiger partial charge on any atom is 0.341 e. The zero-order valence-corrected chi connectivity index (χ0v) is 6.80. The maximum atomic E-state index is 11.1. The van der Waals surface area contributed by atoms with Gasteiger partial charge in [-0.15, -0.1) is 0 Å². The summed E-state index contributed by atoms with van der Waals surface area (Å²) in [5, 5.41) is 4.12. The van der Waals surface area contributed by atoms with Gasteiger partial charge in [0.1, 0.15) is 0 Å². The zero-order chi connectivity index (χ0) is 8.10. The lowest BCUT2D eigenvalue weighted by Crippen LogP contribution is -2.37. The first-order valence-electron chi connectivity index (χ1n) is 4.03. The highest BCUT2D eigenvalue weighted by molar-refractivity contribution is 5.73. The van der Waals surface area contributed by atoms with Gasteiger partial charge in [0.25, 0.3) is 0 Å². The minimum atomic E-state index is -0.107. The van der Waals surface area contributed by atoms with E-state index in [4.69, 9.17) is 4.84 Å². The first kappa shape index (κ1) is 8.33. The molecule has 0 bridgehead atoms. The quantitative estimate of drug-likeness (QED) is 0.644. The summed E-state index contributed by atoms with van der Waals surface area (Å²) < 4.78 is 0. The fourth-order valence-electron chi connectivity index (χ4n) is 0.928. The molecular weight excluding hydrogens is 144 g/mol. The highest BCUT2D eigenvalue weighted by Gasteiger charge is 2.17. The molecule has 0 radical (unpaired) electrons. The fraction of sp³-hybridized carbons (Fsp3) is 0.857. The third-order valence-electron chi connectivity index (χ3n) is 1.51. The second-order valence-corrected chi connectivity index (χ2v) is 2.52. The van der Waals surface area contributed by atoms with Crippen molar-refractivity contribution in [1.29, 1.82) is 0 Å². The van der Waals surface area contributed by atoms with Gasteiger partial charge in [-0.25, -0.2) is 9.86 Å². The van der Waals surface area contributed by atoms with Crippen molar-refractivity contribution in [3.63, 3.8) is 0 Å². The summed E-state index contributed by atoms with van der Waals surface area (Å²) in [6.45, 7) is 4.12. The van der Waals surface area contributed by atoms with Crippen LogP contribution in [0.25, 0.3) is 0 Å². The van der Waals surface area contributed by atoms with E-state index in [1.54, 1.807) is 0 Å². The third kappa shape index (κ3) is 2.38. The lowest BCUT2D eigenvalue weighted by Gasteiger charge is -2.13. The minimum Gasteiger partial charge on any atom is -0.336 e. The van der Waals surface area contributed by atoms with E-state index in [2.05, 4.69) is 5.32 Å². The molecule has 11 heavy (non-hydrogen) atoms. The van der Waals surface area contributed by atoms with Gasteiger partial charge in [-0.3, -0.25) is 4.84 Å². The Bertz CT molecular complexity index is 132. The fourth-order valence-corrected chi connectivity index (χ4v) is 0.928. The second-order valence-electron chi connectivity index (χ2n) is 2.52. The summed E-state index contributed by atoms with van der Waals surface area (Å²) in [4.78, 5) is 16.1. The van der Waals surface area contributed by atoms with Crippen molar-refractivity contribution in [2.45, 2.75) is 19.8 Å². The SMILES string of the molecule is CCCNC(=O)N1CCCO1. The summed E-state index contributed by atoms with van der Waals surface area (Å²) in [6, 6.07) is -0.107. The summed E-state index contributed by atoms with van der Waals surface area (Å²) in [5.74, 6) is 0. The molecular formula is C7H14N2O2. The van der Waals surface area contributed by atoms with Crippen LogP contribution >= 0.6 is 0 Å². The van der Waals surface area contributed by atoms with Gasteiger partial charge in [0.05, 0.1) is 13.2 Å². The van der Waals surface area contributed by atoms with Crippen molar-refractivity contribution in [3.8, 4) is 0 Å². The zero-order valence-electron chi connectivity index (χ0n) is 6.80. The number of urea groups is 1. The molecule has 1 rings (SSSR count). The van der Waals surface area contributed by atoms with Gasteiger partial charge < -0.3 is 5.32 Å². The summed E-state index contributed by atoms with van der Waals surface area (Å²) >= 11 is 0. The molecule has 0 spiro atoms. The Kier molecular flexibility index (Phi) is 3.16. The van der Waals surface area contributed by atoms with E-state index in [1.807, 2.05) is 6.92 Å². The summed E-state index contributed by atoms with van der Waals surface area (Å²) in [6.07, 6.45) is 1.90. The number of hydrogen-bond acceptors (Lipinski definition) is 2. The summed E-state index contributed by atoms with van der Waals surface area (Å²) in [5.41, 5.74) is 0. The van der Waals surface area contributed by atoms with Crippen LogP contribution in [-0.4, -0.2) is 30.8 Å². The van der Waals surface area contributed by atoms with E-state index < -0.39 is 0 Å². The van der Waals surface area contributed by atoms with Crippen molar-refractivity contribution in [2.24, 2.45) is 0 Å². The molecule has 0 aromatic heterocycles. The lowest BCUT2D eigenvalue weighted by atomic mass is 10.5. The smallest absolute Gasteiger partial charge is 0.336 e. The van der Waals surface area contributed by atoms with Crippen molar-refractivity contribution >= 4 is 6.03 Å². The predicted octanol–water partition coefficient (Wildman–Crippen LogP) is 0.743. The number of amides is 2. The van der Waals surface area contributed by atoms with Gasteiger partial charge in [-0.2, -0.15) is 0 Å². The Labute approximate surface area is 66.5 Å². The van der Waals surface area contributed by atoms with Crippen LogP contribution in [0.5, 0.6) is 0 Å². The van der Waals surface area contributed by atoms with Crippen LogP contribution in [0.1, 0.15) is 19.8 Å². The molecule has 0 saturated carbocycles. The van der Waals surface area contributed by atoms with E-state index >= 15 is 0 Å². The highest BCUT2D eigenvalue weighted by Crippen LogP contribution is 2.03. The number of rotatable bonds is 2. The van der Waals surface area contributed by atoms with Gasteiger partial charge in [0, 0.05) is 6.54 Å². The molecule has 1 N–H and O–H groups in total. The average molecular weight is 158 g/mol. The van der Waals surface area contributed by atoms with Crippen LogP contribution < -0.4 is 5.32 Å². The molecule has 1 heterocycles. The normalized spacial score (nSPS) is 17.0. The topological polar surface area (TPSA) is 41.6 Å². The molecule has 0 unspecified atom stereocenters. The molecule has 0 aromatic rings. The Morgan fingerprint density at radius 2 is 2.55 bits per heavy atom. The Morgan fingerprint density at radius 1 is 1.73 bits per heavy atom. The Morgan fingerprint density at radius 3 is 3.09 bits per heavy atom. The number of nitrogens with zero attached hydrogens (tertiary/aromatic N) is 1. The van der Waals surface area contributed by atoms with E-state index in [0.29, 0.717) is 6.61 Å². The van der Waals surface area contributed by atoms with Crippen LogP contribution in [0.15, 0.2) is 0 Å². The predicted molar refractivity (Wildman–Crippen MR) is 41.0 cm³/mol. The number of hydrogen-bond donors (Lipinski definition) is 1. The molecule has 1 aliphatic heterocycles. The standard InChI is InChI=1S/C7H14N2O2/c1-2-4-8-7(10)9-5-3-6-11-9/h2-6H2,1H3,(H,8,10). The number of nitrogens with one attached hydrogen (secondary N) is 1. The van der Waals surface area contributed by atoms with Crippen LogP contribution in [0.3, 0.4) is 0 Å². The van der Waals surface area contributed by atoms with Crippen molar-refractivity contribution in [2.75, 3.05) is 19.7 Å². The largest absolute Gasteiger partial charge is 0.341 e. The molecule has 64 valence electrons. The molecule has 4 nitrogen and oxygen atoms in total. The monoisotopic (exact) mass is 158 g/mol. The molecule has 0 aliphatic carbocycles. The molecule has 0 atom stereocenters. The number of carbonyl (C=O) groups excluding carboxylic acids is 1. The van der Waals surface area contributed by atoms with Crippen molar-refractivity contribution < 1.29 is 9.63 Å². The molecule has 1 saturated heterocycles. The average Bonchev–Trinajstić information content (AvgIpc) is 2.52. The molecule has 4 heteroatoms. The Hall–Kier alpha value is -0.770. The second kappa shape index (κ2) is 4.18. The van der Waals surface area contributed by atoms with Gasteiger partial charge in [-0.1, -0.05) is 6.92 Å². The molecule has 1 fully saturated rings. The number of carbonyl (C=O) groups is 1. The highest BCUT2D eigenvalue weighted by atomic mass is 16.7. The van der Waals surface area contributed by atoms with E-state index in [9.17, 15) is 4.79 Å². The number of hydroxylamine groups is 2. The van der Waals surface area contributed by atoms with Crippen LogP contribution in [0, 0.1) is 0 Å². The summed E-state index contributed by atoms with van der Waals surface area (Å²) in [7, 11) is 0. The molecule has 2 amide bonds. The van der Waals surface area contributed by atoms with Gasteiger partial charge in [-0.05, 0) is 12.8 Å². The molecule has 1 aliphatic rings. The van der Waals surface area contributed by atoms with Gasteiger partial charge >= 0.3 is 6.03 Å². The van der Waals surface area contributed by atoms with Gasteiger partial charge in [0.15, 0.2) is 0 Å². The maximum absolute atomic E-state index is 11.1. The lowest BCUT2D eigenvalue weighted by molar-refractivity contribution is -0.0661. The third-order valence-corrected chi connectivity index (χ3v) is 1.51. The Balaban J connectivity index is 2.17. The minimum absolute atomic E-state index is 0.107.